The number of aromatic carboxylic acids is 1. The Bertz CT molecular complexity index is 1250. The lowest BCUT2D eigenvalue weighted by Gasteiger charge is -2.19. The normalized spacial score (nSPS) is 13.8. The first kappa shape index (κ1) is 19.2. The summed E-state index contributed by atoms with van der Waals surface area (Å²) in [4.78, 5) is 29.8. The number of nitrogens with zero attached hydrogens (tertiary/aromatic N) is 3. The number of amides is 1. The van der Waals surface area contributed by atoms with E-state index in [0.717, 1.165) is 22.2 Å². The quantitative estimate of drug-likeness (QED) is 0.632. The van der Waals surface area contributed by atoms with Crippen molar-refractivity contribution < 1.29 is 19.5 Å². The van der Waals surface area contributed by atoms with E-state index in [1.54, 1.807) is 6.07 Å². The van der Waals surface area contributed by atoms with Crippen molar-refractivity contribution in [1.82, 2.24) is 4.57 Å². The zero-order valence-electron chi connectivity index (χ0n) is 16.2. The molecule has 0 radical (unpaired) electrons. The van der Waals surface area contributed by atoms with E-state index in [2.05, 4.69) is 10.5 Å². The Kier molecular flexibility index (Phi) is 4.94. The third-order valence-electron chi connectivity index (χ3n) is 4.97. The van der Waals surface area contributed by atoms with E-state index in [1.165, 1.54) is 18.2 Å². The van der Waals surface area contributed by atoms with E-state index in [0.29, 0.717) is 25.3 Å². The maximum Gasteiger partial charge on any atom is 0.337 e. The van der Waals surface area contributed by atoms with Crippen LogP contribution in [0.25, 0.3) is 10.9 Å². The van der Waals surface area contributed by atoms with E-state index in [9.17, 15) is 14.7 Å². The maximum atomic E-state index is 13.0. The summed E-state index contributed by atoms with van der Waals surface area (Å²) < 4.78 is 1.91. The SMILES string of the molecule is CCO/N=C1\CCn2c(C(=O)Nc3ccc(C#N)cc3C(=O)O)cc3cccc1c32. The van der Waals surface area contributed by atoms with Gasteiger partial charge in [-0.25, -0.2) is 4.79 Å². The molecule has 8 heteroatoms. The van der Waals surface area contributed by atoms with Crippen LogP contribution in [0.5, 0.6) is 0 Å². The number of para-hydroxylation sites is 1. The summed E-state index contributed by atoms with van der Waals surface area (Å²) in [5, 5.41) is 26.2. The second-order valence-electron chi connectivity index (χ2n) is 6.76. The summed E-state index contributed by atoms with van der Waals surface area (Å²) in [7, 11) is 0. The Balaban J connectivity index is 1.74. The topological polar surface area (TPSA) is 117 Å². The minimum absolute atomic E-state index is 0.135. The van der Waals surface area contributed by atoms with Crippen molar-refractivity contribution in [3.63, 3.8) is 0 Å². The van der Waals surface area contributed by atoms with Crippen molar-refractivity contribution in [2.24, 2.45) is 5.16 Å². The van der Waals surface area contributed by atoms with Crippen LogP contribution in [0.1, 0.15) is 45.3 Å². The first-order chi connectivity index (χ1) is 14.5. The summed E-state index contributed by atoms with van der Waals surface area (Å²) >= 11 is 0. The molecule has 4 rings (SSSR count). The van der Waals surface area contributed by atoms with Crippen LogP contribution in [-0.2, 0) is 11.4 Å². The van der Waals surface area contributed by atoms with Gasteiger partial charge in [0.2, 0.25) is 0 Å². The first-order valence-electron chi connectivity index (χ1n) is 9.43. The third-order valence-corrected chi connectivity index (χ3v) is 4.97. The summed E-state index contributed by atoms with van der Waals surface area (Å²) in [6.45, 7) is 2.89. The molecule has 0 saturated heterocycles. The molecule has 1 amide bonds. The Morgan fingerprint density at radius 3 is 2.87 bits per heavy atom. The summed E-state index contributed by atoms with van der Waals surface area (Å²) in [5.41, 5.74) is 3.28. The number of benzene rings is 2. The molecule has 8 nitrogen and oxygen atoms in total. The highest BCUT2D eigenvalue weighted by Crippen LogP contribution is 2.30. The Morgan fingerprint density at radius 1 is 1.30 bits per heavy atom. The van der Waals surface area contributed by atoms with Gasteiger partial charge in [0.1, 0.15) is 12.3 Å². The highest BCUT2D eigenvalue weighted by molar-refractivity contribution is 6.15. The number of hydrogen-bond donors (Lipinski definition) is 2. The first-order valence-corrected chi connectivity index (χ1v) is 9.43. The average Bonchev–Trinajstić information content (AvgIpc) is 3.14. The molecule has 0 unspecified atom stereocenters. The van der Waals surface area contributed by atoms with Gasteiger partial charge in [-0.2, -0.15) is 5.26 Å². The smallest absolute Gasteiger partial charge is 0.337 e. The van der Waals surface area contributed by atoms with Crippen LogP contribution in [0.2, 0.25) is 0 Å². The van der Waals surface area contributed by atoms with Crippen molar-refractivity contribution in [2.75, 3.05) is 11.9 Å². The average molecular weight is 402 g/mol. The van der Waals surface area contributed by atoms with Gasteiger partial charge in [0.25, 0.3) is 5.91 Å². The Labute approximate surface area is 172 Å². The number of oxime groups is 1. The summed E-state index contributed by atoms with van der Waals surface area (Å²) in [6, 6.07) is 13.6. The zero-order valence-corrected chi connectivity index (χ0v) is 16.2. The number of hydrogen-bond acceptors (Lipinski definition) is 5. The number of rotatable bonds is 5. The van der Waals surface area contributed by atoms with Gasteiger partial charge < -0.3 is 19.8 Å². The van der Waals surface area contributed by atoms with Gasteiger partial charge in [-0.3, -0.25) is 4.79 Å². The predicted molar refractivity (Wildman–Crippen MR) is 111 cm³/mol. The molecule has 0 aliphatic carbocycles. The molecule has 0 fully saturated rings. The van der Waals surface area contributed by atoms with Crippen LogP contribution < -0.4 is 5.32 Å². The van der Waals surface area contributed by atoms with Gasteiger partial charge in [0, 0.05) is 23.9 Å². The molecule has 1 aliphatic rings. The monoisotopic (exact) mass is 402 g/mol. The third kappa shape index (κ3) is 3.26. The number of nitrogens with one attached hydrogen (secondary N) is 1. The second kappa shape index (κ2) is 7.72. The molecule has 0 atom stereocenters. The highest BCUT2D eigenvalue weighted by atomic mass is 16.6. The number of carbonyl (C=O) groups is 2. The summed E-state index contributed by atoms with van der Waals surface area (Å²) in [5.74, 6) is -1.64. The molecule has 2 aromatic carbocycles. The lowest BCUT2D eigenvalue weighted by Crippen LogP contribution is -2.22. The van der Waals surface area contributed by atoms with Crippen molar-refractivity contribution in [2.45, 2.75) is 19.9 Å². The van der Waals surface area contributed by atoms with Gasteiger partial charge in [-0.15, -0.1) is 0 Å². The van der Waals surface area contributed by atoms with Crippen LogP contribution >= 0.6 is 0 Å². The number of anilines is 1. The second-order valence-corrected chi connectivity index (χ2v) is 6.76. The fourth-order valence-electron chi connectivity index (χ4n) is 3.65. The van der Waals surface area contributed by atoms with Crippen LogP contribution in [-0.4, -0.2) is 33.9 Å². The molecular formula is C22H18N4O4. The molecule has 2 heterocycles. The molecule has 2 N–H and O–H groups in total. The molecule has 30 heavy (non-hydrogen) atoms. The number of carboxylic acid groups (broad SMARTS) is 1. The number of carboxylic acids is 1. The van der Waals surface area contributed by atoms with Crippen molar-refractivity contribution in [1.29, 1.82) is 5.26 Å². The fraction of sp³-hybridized carbons (Fsp3) is 0.182. The standard InChI is InChI=1S/C22H18N4O4/c1-2-30-25-18-8-9-26-19(11-14-4-3-5-15(18)20(14)26)21(27)24-17-7-6-13(12-23)10-16(17)22(28)29/h3-7,10-11H,2,8-9H2,1H3,(H,24,27)(H,28,29)/b25-18+. The molecular weight excluding hydrogens is 384 g/mol. The molecule has 0 spiro atoms. The number of aromatic nitrogens is 1. The minimum Gasteiger partial charge on any atom is -0.478 e. The molecule has 1 aliphatic heterocycles. The molecule has 0 bridgehead atoms. The van der Waals surface area contributed by atoms with Gasteiger partial charge in [-0.1, -0.05) is 23.4 Å². The van der Waals surface area contributed by atoms with E-state index in [4.69, 9.17) is 10.1 Å². The fourth-order valence-corrected chi connectivity index (χ4v) is 3.65. The molecule has 150 valence electrons. The zero-order chi connectivity index (χ0) is 21.3. The van der Waals surface area contributed by atoms with Crippen LogP contribution in [0, 0.1) is 11.3 Å². The Morgan fingerprint density at radius 2 is 2.13 bits per heavy atom. The lowest BCUT2D eigenvalue weighted by atomic mass is 10.0. The molecule has 0 saturated carbocycles. The van der Waals surface area contributed by atoms with Gasteiger partial charge in [0.05, 0.1) is 34.1 Å². The predicted octanol–water partition coefficient (Wildman–Crippen LogP) is 3.61. The number of carbonyl (C=O) groups excluding carboxylic acids is 1. The molecule has 3 aromatic rings. The number of nitriles is 1. The highest BCUT2D eigenvalue weighted by Gasteiger charge is 2.25. The van der Waals surface area contributed by atoms with E-state index < -0.39 is 11.9 Å². The molecule has 1 aromatic heterocycles. The van der Waals surface area contributed by atoms with Crippen LogP contribution in [0.3, 0.4) is 0 Å². The van der Waals surface area contributed by atoms with E-state index >= 15 is 0 Å². The van der Waals surface area contributed by atoms with Gasteiger partial charge >= 0.3 is 5.97 Å². The van der Waals surface area contributed by atoms with E-state index in [-0.39, 0.29) is 16.8 Å². The van der Waals surface area contributed by atoms with E-state index in [1.807, 2.05) is 35.8 Å². The van der Waals surface area contributed by atoms with Gasteiger partial charge in [0.15, 0.2) is 0 Å². The Hall–Kier alpha value is -4.12. The maximum absolute atomic E-state index is 13.0. The largest absolute Gasteiger partial charge is 0.478 e. The van der Waals surface area contributed by atoms with Crippen molar-refractivity contribution in [3.8, 4) is 6.07 Å². The number of aryl methyl sites for hydroxylation is 1. The van der Waals surface area contributed by atoms with Crippen molar-refractivity contribution in [3.05, 3.63) is 64.8 Å². The summed E-state index contributed by atoms with van der Waals surface area (Å²) in [6.07, 6.45) is 0.609. The lowest BCUT2D eigenvalue weighted by molar-refractivity contribution is 0.0698. The van der Waals surface area contributed by atoms with Crippen LogP contribution in [0.15, 0.2) is 47.6 Å². The minimum atomic E-state index is -1.22. The van der Waals surface area contributed by atoms with Crippen LogP contribution in [0.4, 0.5) is 5.69 Å². The van der Waals surface area contributed by atoms with Crippen molar-refractivity contribution >= 4 is 34.2 Å². The van der Waals surface area contributed by atoms with Gasteiger partial charge in [-0.05, 0) is 31.2 Å².